The average molecular weight is 317 g/mol. The summed E-state index contributed by atoms with van der Waals surface area (Å²) in [5.74, 6) is 0.783. The molecule has 0 saturated heterocycles. The molecule has 0 spiro atoms. The Bertz CT molecular complexity index is 615. The van der Waals surface area contributed by atoms with Crippen LogP contribution in [0.5, 0.6) is 5.75 Å². The molecular weight excluding hydrogens is 294 g/mol. The predicted octanol–water partition coefficient (Wildman–Crippen LogP) is 2.08. The van der Waals surface area contributed by atoms with Crippen LogP contribution in [-0.2, 0) is 6.54 Å². The van der Waals surface area contributed by atoms with E-state index in [0.29, 0.717) is 6.54 Å². The predicted molar refractivity (Wildman–Crippen MR) is 87.2 cm³/mol. The van der Waals surface area contributed by atoms with Crippen LogP contribution in [0.4, 0.5) is 4.79 Å². The number of aromatic nitrogens is 3. The third kappa shape index (κ3) is 4.45. The maximum Gasteiger partial charge on any atom is 0.317 e. The van der Waals surface area contributed by atoms with Gasteiger partial charge in [-0.3, -0.25) is 4.68 Å². The molecule has 2 amide bonds. The van der Waals surface area contributed by atoms with Crippen LogP contribution >= 0.6 is 0 Å². The van der Waals surface area contributed by atoms with E-state index in [1.807, 2.05) is 31.2 Å². The maximum atomic E-state index is 12.3. The first-order chi connectivity index (χ1) is 11.1. The summed E-state index contributed by atoms with van der Waals surface area (Å²) < 4.78 is 7.11. The summed E-state index contributed by atoms with van der Waals surface area (Å²) in [6.07, 6.45) is 3.96. The summed E-state index contributed by atoms with van der Waals surface area (Å²) in [6, 6.07) is 7.54. The molecule has 0 unspecified atom stereocenters. The minimum atomic E-state index is -0.109. The number of amides is 2. The monoisotopic (exact) mass is 317 g/mol. The van der Waals surface area contributed by atoms with Crippen molar-refractivity contribution in [2.45, 2.75) is 25.9 Å². The van der Waals surface area contributed by atoms with Gasteiger partial charge in [0.15, 0.2) is 0 Å². The Balaban J connectivity index is 1.83. The van der Waals surface area contributed by atoms with E-state index in [4.69, 9.17) is 4.74 Å². The van der Waals surface area contributed by atoms with Crippen molar-refractivity contribution < 1.29 is 9.53 Å². The van der Waals surface area contributed by atoms with Gasteiger partial charge in [-0.25, -0.2) is 9.78 Å². The Kier molecular flexibility index (Phi) is 5.96. The van der Waals surface area contributed by atoms with Gasteiger partial charge in [-0.2, -0.15) is 5.10 Å². The van der Waals surface area contributed by atoms with Gasteiger partial charge in [-0.1, -0.05) is 18.2 Å². The summed E-state index contributed by atoms with van der Waals surface area (Å²) in [7, 11) is 3.42. The van der Waals surface area contributed by atoms with Crippen molar-refractivity contribution in [3.05, 3.63) is 42.5 Å². The second-order valence-corrected chi connectivity index (χ2v) is 5.27. The average Bonchev–Trinajstić information content (AvgIpc) is 3.10. The lowest BCUT2D eigenvalue weighted by Crippen LogP contribution is -2.39. The van der Waals surface area contributed by atoms with Gasteiger partial charge in [-0.15, -0.1) is 0 Å². The number of hydrogen-bond donors (Lipinski definition) is 1. The second-order valence-electron chi connectivity index (χ2n) is 5.27. The number of carbonyl (C=O) groups is 1. The van der Waals surface area contributed by atoms with Crippen LogP contribution in [0.1, 0.15) is 24.9 Å². The lowest BCUT2D eigenvalue weighted by Gasteiger charge is -2.26. The van der Waals surface area contributed by atoms with Crippen molar-refractivity contribution in [2.75, 3.05) is 20.7 Å². The number of hydrogen-bond acceptors (Lipinski definition) is 4. The third-order valence-corrected chi connectivity index (χ3v) is 3.80. The standard InChI is InChI=1S/C16H23N5O2/c1-13(14-7-4-5-8-15(14)23-3)20(2)16(22)18-9-6-10-21-12-17-11-19-21/h4-5,7-8,11-13H,6,9-10H2,1-3H3,(H,18,22)/t13-/m1/s1. The Morgan fingerprint density at radius 2 is 2.22 bits per heavy atom. The molecule has 124 valence electrons. The molecule has 0 fully saturated rings. The Labute approximate surface area is 136 Å². The third-order valence-electron chi connectivity index (χ3n) is 3.80. The topological polar surface area (TPSA) is 72.3 Å². The van der Waals surface area contributed by atoms with Crippen molar-refractivity contribution in [1.29, 1.82) is 0 Å². The summed E-state index contributed by atoms with van der Waals surface area (Å²) in [5.41, 5.74) is 0.982. The molecule has 0 aliphatic carbocycles. The minimum absolute atomic E-state index is 0.0820. The molecule has 1 aromatic carbocycles. The maximum absolute atomic E-state index is 12.3. The van der Waals surface area contributed by atoms with Gasteiger partial charge in [0.2, 0.25) is 0 Å². The van der Waals surface area contributed by atoms with Crippen LogP contribution in [0.3, 0.4) is 0 Å². The van der Waals surface area contributed by atoms with Crippen LogP contribution < -0.4 is 10.1 Å². The lowest BCUT2D eigenvalue weighted by molar-refractivity contribution is 0.193. The van der Waals surface area contributed by atoms with Gasteiger partial charge in [0.1, 0.15) is 18.4 Å². The number of methoxy groups -OCH3 is 1. The molecule has 0 radical (unpaired) electrons. The number of para-hydroxylation sites is 1. The number of carbonyl (C=O) groups excluding carboxylic acids is 1. The molecule has 2 aromatic rings. The number of nitrogens with zero attached hydrogens (tertiary/aromatic N) is 4. The van der Waals surface area contributed by atoms with E-state index in [2.05, 4.69) is 15.4 Å². The molecule has 1 aromatic heterocycles. The fourth-order valence-corrected chi connectivity index (χ4v) is 2.31. The molecule has 2 rings (SSSR count). The highest BCUT2D eigenvalue weighted by Crippen LogP contribution is 2.27. The van der Waals surface area contributed by atoms with Gasteiger partial charge in [-0.05, 0) is 19.4 Å². The highest BCUT2D eigenvalue weighted by Gasteiger charge is 2.19. The van der Waals surface area contributed by atoms with Gasteiger partial charge >= 0.3 is 6.03 Å². The summed E-state index contributed by atoms with van der Waals surface area (Å²) in [6.45, 7) is 3.29. The number of ether oxygens (including phenoxy) is 1. The molecule has 1 N–H and O–H groups in total. The number of nitrogens with one attached hydrogen (secondary N) is 1. The second kappa shape index (κ2) is 8.17. The normalized spacial score (nSPS) is 11.8. The molecule has 23 heavy (non-hydrogen) atoms. The molecule has 1 atom stereocenters. The van der Waals surface area contributed by atoms with E-state index in [0.717, 1.165) is 24.3 Å². The fraction of sp³-hybridized carbons (Fsp3) is 0.438. The van der Waals surface area contributed by atoms with Crippen LogP contribution in [0.15, 0.2) is 36.9 Å². The zero-order valence-corrected chi connectivity index (χ0v) is 13.8. The smallest absolute Gasteiger partial charge is 0.317 e. The van der Waals surface area contributed by atoms with Crippen molar-refractivity contribution in [2.24, 2.45) is 0 Å². The largest absolute Gasteiger partial charge is 0.496 e. The Morgan fingerprint density at radius 3 is 2.91 bits per heavy atom. The number of urea groups is 1. The van der Waals surface area contributed by atoms with E-state index >= 15 is 0 Å². The van der Waals surface area contributed by atoms with Crippen LogP contribution in [0.25, 0.3) is 0 Å². The quantitative estimate of drug-likeness (QED) is 0.794. The number of benzene rings is 1. The van der Waals surface area contributed by atoms with E-state index in [9.17, 15) is 4.79 Å². The van der Waals surface area contributed by atoms with Gasteiger partial charge in [0.25, 0.3) is 0 Å². The van der Waals surface area contributed by atoms with E-state index in [-0.39, 0.29) is 12.1 Å². The lowest BCUT2D eigenvalue weighted by atomic mass is 10.1. The summed E-state index contributed by atoms with van der Waals surface area (Å²) in [4.78, 5) is 17.8. The van der Waals surface area contributed by atoms with E-state index in [1.165, 1.54) is 6.33 Å². The van der Waals surface area contributed by atoms with Crippen LogP contribution in [-0.4, -0.2) is 46.4 Å². The van der Waals surface area contributed by atoms with Crippen molar-refractivity contribution in [3.8, 4) is 5.75 Å². The van der Waals surface area contributed by atoms with Gasteiger partial charge < -0.3 is 15.0 Å². The first-order valence-corrected chi connectivity index (χ1v) is 7.59. The highest BCUT2D eigenvalue weighted by molar-refractivity contribution is 5.74. The van der Waals surface area contributed by atoms with E-state index < -0.39 is 0 Å². The molecule has 0 bridgehead atoms. The molecular formula is C16H23N5O2. The molecule has 1 heterocycles. The van der Waals surface area contributed by atoms with Gasteiger partial charge in [0, 0.05) is 25.7 Å². The zero-order chi connectivity index (χ0) is 16.7. The zero-order valence-electron chi connectivity index (χ0n) is 13.8. The molecule has 0 aliphatic heterocycles. The summed E-state index contributed by atoms with van der Waals surface area (Å²) in [5, 5.41) is 6.94. The number of aryl methyl sites for hydroxylation is 1. The summed E-state index contributed by atoms with van der Waals surface area (Å²) >= 11 is 0. The van der Waals surface area contributed by atoms with Gasteiger partial charge in [0.05, 0.1) is 13.2 Å². The first kappa shape index (κ1) is 16.8. The molecule has 7 heteroatoms. The van der Waals surface area contributed by atoms with E-state index in [1.54, 1.807) is 30.1 Å². The van der Waals surface area contributed by atoms with Crippen molar-refractivity contribution >= 4 is 6.03 Å². The Hall–Kier alpha value is -2.57. The fourth-order valence-electron chi connectivity index (χ4n) is 2.31. The number of rotatable bonds is 7. The minimum Gasteiger partial charge on any atom is -0.496 e. The molecule has 7 nitrogen and oxygen atoms in total. The molecule has 0 aliphatic rings. The van der Waals surface area contributed by atoms with Crippen molar-refractivity contribution in [1.82, 2.24) is 25.0 Å². The Morgan fingerprint density at radius 1 is 1.43 bits per heavy atom. The highest BCUT2D eigenvalue weighted by atomic mass is 16.5. The SMILES string of the molecule is COc1ccccc1[C@@H](C)N(C)C(=O)NCCCn1cncn1. The van der Waals surface area contributed by atoms with Crippen molar-refractivity contribution in [3.63, 3.8) is 0 Å². The van der Waals surface area contributed by atoms with Crippen LogP contribution in [0, 0.1) is 0 Å². The molecule has 0 saturated carbocycles. The first-order valence-electron chi connectivity index (χ1n) is 7.59. The van der Waals surface area contributed by atoms with Crippen LogP contribution in [0.2, 0.25) is 0 Å².